The van der Waals surface area contributed by atoms with E-state index < -0.39 is 23.3 Å². The average molecular weight is 285 g/mol. The highest BCUT2D eigenvalue weighted by molar-refractivity contribution is 6.38. The van der Waals surface area contributed by atoms with Gasteiger partial charge in [0.2, 0.25) is 0 Å². The molecule has 0 fully saturated rings. The van der Waals surface area contributed by atoms with Crippen LogP contribution in [0.25, 0.3) is 0 Å². The molecule has 2 aromatic rings. The van der Waals surface area contributed by atoms with E-state index >= 15 is 0 Å². The Hall–Kier alpha value is -2.26. The summed E-state index contributed by atoms with van der Waals surface area (Å²) >= 11 is 5.84. The second kappa shape index (κ2) is 4.69. The highest BCUT2D eigenvalue weighted by atomic mass is 35.5. The smallest absolute Gasteiger partial charge is 0.182 e. The zero-order chi connectivity index (χ0) is 14.3. The average Bonchev–Trinajstić information content (AvgIpc) is 2.71. The van der Waals surface area contributed by atoms with E-state index in [1.807, 2.05) is 0 Å². The van der Waals surface area contributed by atoms with Gasteiger partial charge in [-0.15, -0.1) is 0 Å². The Balaban J connectivity index is 2.03. The maximum absolute atomic E-state index is 12.4. The van der Waals surface area contributed by atoms with Crippen LogP contribution in [0.1, 0.15) is 31.1 Å². The van der Waals surface area contributed by atoms with Gasteiger partial charge in [0.15, 0.2) is 17.3 Å². The summed E-state index contributed by atoms with van der Waals surface area (Å²) in [6.45, 7) is 0. The SMILES string of the molecule is O=C(c1cccc(Cl)c1)C1C(=O)c2ccccc2C1=O. The number of fused-ring (bicyclic) bond motifs is 1. The van der Waals surface area contributed by atoms with Crippen LogP contribution in [0.5, 0.6) is 0 Å². The zero-order valence-electron chi connectivity index (χ0n) is 10.3. The van der Waals surface area contributed by atoms with Crippen molar-refractivity contribution in [2.24, 2.45) is 5.92 Å². The molecule has 3 nitrogen and oxygen atoms in total. The maximum Gasteiger partial charge on any atom is 0.182 e. The first-order valence-electron chi connectivity index (χ1n) is 6.07. The first-order valence-corrected chi connectivity index (χ1v) is 6.44. The summed E-state index contributed by atoms with van der Waals surface area (Å²) in [7, 11) is 0. The summed E-state index contributed by atoms with van der Waals surface area (Å²) < 4.78 is 0. The molecule has 20 heavy (non-hydrogen) atoms. The summed E-state index contributed by atoms with van der Waals surface area (Å²) in [4.78, 5) is 36.9. The monoisotopic (exact) mass is 284 g/mol. The van der Waals surface area contributed by atoms with Gasteiger partial charge in [-0.1, -0.05) is 48.0 Å². The van der Waals surface area contributed by atoms with Gasteiger partial charge in [-0.3, -0.25) is 14.4 Å². The van der Waals surface area contributed by atoms with Gasteiger partial charge in [0.25, 0.3) is 0 Å². The van der Waals surface area contributed by atoms with Gasteiger partial charge in [-0.2, -0.15) is 0 Å². The number of hydrogen-bond donors (Lipinski definition) is 0. The number of rotatable bonds is 2. The molecule has 0 saturated heterocycles. The van der Waals surface area contributed by atoms with Gasteiger partial charge < -0.3 is 0 Å². The van der Waals surface area contributed by atoms with Crippen LogP contribution in [-0.2, 0) is 0 Å². The van der Waals surface area contributed by atoms with E-state index in [9.17, 15) is 14.4 Å². The van der Waals surface area contributed by atoms with Crippen molar-refractivity contribution in [3.63, 3.8) is 0 Å². The van der Waals surface area contributed by atoms with Crippen molar-refractivity contribution in [1.29, 1.82) is 0 Å². The molecule has 0 aliphatic heterocycles. The number of Topliss-reactive ketones (excluding diaryl/α,β-unsaturated/α-hetero) is 3. The van der Waals surface area contributed by atoms with E-state index in [2.05, 4.69) is 0 Å². The Morgan fingerprint density at radius 1 is 0.900 bits per heavy atom. The van der Waals surface area contributed by atoms with Crippen LogP contribution >= 0.6 is 11.6 Å². The van der Waals surface area contributed by atoms with Crippen molar-refractivity contribution >= 4 is 29.0 Å². The third-order valence-electron chi connectivity index (χ3n) is 3.35. The van der Waals surface area contributed by atoms with Crippen LogP contribution in [0.15, 0.2) is 48.5 Å². The fourth-order valence-electron chi connectivity index (χ4n) is 2.39. The van der Waals surface area contributed by atoms with E-state index in [0.717, 1.165) is 0 Å². The number of ketones is 3. The summed E-state index contributed by atoms with van der Waals surface area (Å²) in [6, 6.07) is 12.8. The Morgan fingerprint density at radius 2 is 1.50 bits per heavy atom. The first-order chi connectivity index (χ1) is 9.59. The van der Waals surface area contributed by atoms with Crippen LogP contribution in [0.2, 0.25) is 5.02 Å². The van der Waals surface area contributed by atoms with Crippen LogP contribution in [0.4, 0.5) is 0 Å². The molecule has 0 spiro atoms. The molecule has 3 rings (SSSR count). The van der Waals surface area contributed by atoms with Crippen LogP contribution in [0.3, 0.4) is 0 Å². The summed E-state index contributed by atoms with van der Waals surface area (Å²) in [5.74, 6) is -2.64. The minimum Gasteiger partial charge on any atom is -0.293 e. The largest absolute Gasteiger partial charge is 0.293 e. The molecule has 0 heterocycles. The Labute approximate surface area is 120 Å². The first kappa shape index (κ1) is 12.8. The number of carbonyl (C=O) groups excluding carboxylic acids is 3. The molecule has 0 radical (unpaired) electrons. The number of halogens is 1. The van der Waals surface area contributed by atoms with Gasteiger partial charge in [0.1, 0.15) is 5.92 Å². The molecule has 4 heteroatoms. The molecule has 1 aliphatic carbocycles. The van der Waals surface area contributed by atoms with E-state index in [-0.39, 0.29) is 5.56 Å². The lowest BCUT2D eigenvalue weighted by Gasteiger charge is -2.06. The Morgan fingerprint density at radius 3 is 2.05 bits per heavy atom. The highest BCUT2D eigenvalue weighted by Gasteiger charge is 2.43. The predicted octanol–water partition coefficient (Wildman–Crippen LogP) is 3.22. The van der Waals surface area contributed by atoms with Crippen LogP contribution in [0, 0.1) is 5.92 Å². The quantitative estimate of drug-likeness (QED) is 0.628. The van der Waals surface area contributed by atoms with Crippen LogP contribution in [-0.4, -0.2) is 17.3 Å². The lowest BCUT2D eigenvalue weighted by molar-refractivity contribution is 0.0756. The van der Waals surface area contributed by atoms with Gasteiger partial charge >= 0.3 is 0 Å². The molecular weight excluding hydrogens is 276 g/mol. The third-order valence-corrected chi connectivity index (χ3v) is 3.59. The van der Waals surface area contributed by atoms with Crippen molar-refractivity contribution in [2.45, 2.75) is 0 Å². The highest BCUT2D eigenvalue weighted by Crippen LogP contribution is 2.29. The summed E-state index contributed by atoms with van der Waals surface area (Å²) in [5.41, 5.74) is 0.910. The standard InChI is InChI=1S/C16H9ClO3/c17-10-5-3-4-9(8-10)14(18)13-15(19)11-6-1-2-7-12(11)16(13)20/h1-8,13H. The predicted molar refractivity (Wildman–Crippen MR) is 74.4 cm³/mol. The topological polar surface area (TPSA) is 51.2 Å². The molecule has 2 aromatic carbocycles. The molecule has 0 unspecified atom stereocenters. The Kier molecular flexibility index (Phi) is 2.99. The molecule has 0 aromatic heterocycles. The molecule has 0 saturated carbocycles. The van der Waals surface area contributed by atoms with Crippen molar-refractivity contribution < 1.29 is 14.4 Å². The second-order valence-corrected chi connectivity index (χ2v) is 5.02. The van der Waals surface area contributed by atoms with Crippen molar-refractivity contribution in [3.8, 4) is 0 Å². The third kappa shape index (κ3) is 1.87. The van der Waals surface area contributed by atoms with Crippen molar-refractivity contribution in [1.82, 2.24) is 0 Å². The fraction of sp³-hybridized carbons (Fsp3) is 0.0625. The lowest BCUT2D eigenvalue weighted by Crippen LogP contribution is -2.25. The Bertz CT molecular complexity index is 714. The van der Waals surface area contributed by atoms with E-state index in [1.54, 1.807) is 42.5 Å². The van der Waals surface area contributed by atoms with Crippen molar-refractivity contribution in [3.05, 3.63) is 70.2 Å². The van der Waals surface area contributed by atoms with Crippen molar-refractivity contribution in [2.75, 3.05) is 0 Å². The van der Waals surface area contributed by atoms with E-state index in [1.165, 1.54) is 6.07 Å². The summed E-state index contributed by atoms with van der Waals surface area (Å²) in [6.07, 6.45) is 0. The fourth-order valence-corrected chi connectivity index (χ4v) is 2.58. The minimum atomic E-state index is -1.27. The van der Waals surface area contributed by atoms with Gasteiger partial charge in [-0.25, -0.2) is 0 Å². The van der Waals surface area contributed by atoms with Gasteiger partial charge in [0.05, 0.1) is 0 Å². The maximum atomic E-state index is 12.4. The minimum absolute atomic E-state index is 0.275. The van der Waals surface area contributed by atoms with Gasteiger partial charge in [0, 0.05) is 21.7 Å². The summed E-state index contributed by atoms with van der Waals surface area (Å²) in [5, 5.41) is 0.395. The van der Waals surface area contributed by atoms with Gasteiger partial charge in [-0.05, 0) is 12.1 Å². The molecule has 98 valence electrons. The van der Waals surface area contributed by atoms with E-state index in [4.69, 9.17) is 11.6 Å². The zero-order valence-corrected chi connectivity index (χ0v) is 11.1. The molecule has 1 aliphatic rings. The molecule has 0 bridgehead atoms. The molecule has 0 atom stereocenters. The number of benzene rings is 2. The molecular formula is C16H9ClO3. The second-order valence-electron chi connectivity index (χ2n) is 4.58. The normalized spacial score (nSPS) is 14.4. The molecule has 0 N–H and O–H groups in total. The number of carbonyl (C=O) groups is 3. The number of hydrogen-bond acceptors (Lipinski definition) is 3. The molecule has 0 amide bonds. The lowest BCUT2D eigenvalue weighted by atomic mass is 9.93. The van der Waals surface area contributed by atoms with E-state index in [0.29, 0.717) is 16.1 Å². The van der Waals surface area contributed by atoms with Crippen LogP contribution < -0.4 is 0 Å².